The van der Waals surface area contributed by atoms with Crippen LogP contribution >= 0.6 is 11.6 Å². The first-order chi connectivity index (χ1) is 11.4. The summed E-state index contributed by atoms with van der Waals surface area (Å²) < 4.78 is 20.2. The number of morpholine rings is 1. The van der Waals surface area contributed by atoms with Crippen molar-refractivity contribution in [2.75, 3.05) is 13.1 Å². The monoisotopic (exact) mass is 351 g/mol. The third-order valence-corrected chi connectivity index (χ3v) is 4.35. The van der Waals surface area contributed by atoms with Gasteiger partial charge in [-0.15, -0.1) is 0 Å². The van der Waals surface area contributed by atoms with Crippen molar-refractivity contribution in [2.45, 2.75) is 33.0 Å². The van der Waals surface area contributed by atoms with Gasteiger partial charge < -0.3 is 9.64 Å². The van der Waals surface area contributed by atoms with Crippen LogP contribution in [0.15, 0.2) is 24.3 Å². The van der Waals surface area contributed by atoms with E-state index in [1.807, 2.05) is 13.8 Å². The van der Waals surface area contributed by atoms with E-state index in [-0.39, 0.29) is 29.1 Å². The number of amides is 1. The van der Waals surface area contributed by atoms with Crippen molar-refractivity contribution in [1.29, 1.82) is 0 Å². The number of hydrogen-bond donors (Lipinski definition) is 0. The number of rotatable bonds is 2. The summed E-state index contributed by atoms with van der Waals surface area (Å²) in [6, 6.07) is 5.80. The standard InChI is InChI=1S/C17H19ClFN3O2/c1-10-8-21(9-11(2)24-10)17(23)15-12(3)20-22(16(15)18)14-6-4-13(19)5-7-14/h4-7,10-11H,8-9H2,1-3H3/t10-,11-/m1/s1. The molecular formula is C17H19ClFN3O2. The molecule has 0 radical (unpaired) electrons. The van der Waals surface area contributed by atoms with Crippen LogP contribution in [0.4, 0.5) is 4.39 Å². The van der Waals surface area contributed by atoms with Gasteiger partial charge in [0.15, 0.2) is 0 Å². The first-order valence-electron chi connectivity index (χ1n) is 7.82. The van der Waals surface area contributed by atoms with Crippen molar-refractivity contribution in [3.05, 3.63) is 46.5 Å². The number of carbonyl (C=O) groups is 1. The quantitative estimate of drug-likeness (QED) is 0.834. The number of halogens is 2. The second kappa shape index (κ2) is 6.53. The average molecular weight is 352 g/mol. The zero-order chi connectivity index (χ0) is 17.4. The molecule has 2 heterocycles. The van der Waals surface area contributed by atoms with Crippen LogP contribution in [0.1, 0.15) is 29.9 Å². The number of aryl methyl sites for hydroxylation is 1. The molecule has 1 saturated heterocycles. The summed E-state index contributed by atoms with van der Waals surface area (Å²) in [5, 5.41) is 4.58. The molecule has 1 aromatic heterocycles. The van der Waals surface area contributed by atoms with E-state index in [2.05, 4.69) is 5.10 Å². The Bertz CT molecular complexity index is 750. The zero-order valence-electron chi connectivity index (χ0n) is 13.8. The van der Waals surface area contributed by atoms with Crippen LogP contribution in [0.2, 0.25) is 5.15 Å². The van der Waals surface area contributed by atoms with Gasteiger partial charge in [0.25, 0.3) is 5.91 Å². The highest BCUT2D eigenvalue weighted by Crippen LogP contribution is 2.26. The SMILES string of the molecule is Cc1nn(-c2ccc(F)cc2)c(Cl)c1C(=O)N1C[C@@H](C)O[C@H](C)C1. The Morgan fingerprint density at radius 2 is 1.83 bits per heavy atom. The predicted molar refractivity (Wildman–Crippen MR) is 89.2 cm³/mol. The lowest BCUT2D eigenvalue weighted by atomic mass is 10.1. The third kappa shape index (κ3) is 3.16. The van der Waals surface area contributed by atoms with E-state index in [1.165, 1.54) is 16.8 Å². The second-order valence-corrected chi connectivity index (χ2v) is 6.46. The lowest BCUT2D eigenvalue weighted by molar-refractivity contribution is -0.0586. The predicted octanol–water partition coefficient (Wildman–Crippen LogP) is 3.22. The summed E-state index contributed by atoms with van der Waals surface area (Å²) in [4.78, 5) is 14.6. The van der Waals surface area contributed by atoms with E-state index in [4.69, 9.17) is 16.3 Å². The van der Waals surface area contributed by atoms with E-state index in [0.29, 0.717) is 30.0 Å². The third-order valence-electron chi connectivity index (χ3n) is 4.00. The van der Waals surface area contributed by atoms with Crippen molar-refractivity contribution in [3.8, 4) is 5.69 Å². The van der Waals surface area contributed by atoms with Crippen molar-refractivity contribution in [2.24, 2.45) is 0 Å². The first-order valence-corrected chi connectivity index (χ1v) is 8.20. The molecule has 0 N–H and O–H groups in total. The van der Waals surface area contributed by atoms with Crippen LogP contribution in [0.3, 0.4) is 0 Å². The molecule has 0 bridgehead atoms. The van der Waals surface area contributed by atoms with Gasteiger partial charge in [-0.05, 0) is 45.0 Å². The molecule has 7 heteroatoms. The second-order valence-electron chi connectivity index (χ2n) is 6.11. The topological polar surface area (TPSA) is 47.4 Å². The van der Waals surface area contributed by atoms with Crippen LogP contribution in [0, 0.1) is 12.7 Å². The summed E-state index contributed by atoms with van der Waals surface area (Å²) >= 11 is 6.42. The molecule has 1 fully saturated rings. The zero-order valence-corrected chi connectivity index (χ0v) is 14.5. The van der Waals surface area contributed by atoms with Gasteiger partial charge in [-0.3, -0.25) is 4.79 Å². The molecule has 1 aromatic carbocycles. The summed E-state index contributed by atoms with van der Waals surface area (Å²) in [6.45, 7) is 6.65. The molecular weight excluding hydrogens is 333 g/mol. The Morgan fingerprint density at radius 3 is 2.42 bits per heavy atom. The van der Waals surface area contributed by atoms with Gasteiger partial charge in [-0.25, -0.2) is 9.07 Å². The number of nitrogens with zero attached hydrogens (tertiary/aromatic N) is 3. The van der Waals surface area contributed by atoms with Crippen LogP contribution < -0.4 is 0 Å². The highest BCUT2D eigenvalue weighted by atomic mass is 35.5. The molecule has 2 aromatic rings. The first kappa shape index (κ1) is 16.9. The Hall–Kier alpha value is -1.92. The molecule has 1 aliphatic heterocycles. The summed E-state index contributed by atoms with van der Waals surface area (Å²) in [5.74, 6) is -0.501. The maximum atomic E-state index is 13.1. The maximum absolute atomic E-state index is 13.1. The molecule has 0 saturated carbocycles. The fourth-order valence-electron chi connectivity index (χ4n) is 3.00. The summed E-state index contributed by atoms with van der Waals surface area (Å²) in [7, 11) is 0. The fraction of sp³-hybridized carbons (Fsp3) is 0.412. The largest absolute Gasteiger partial charge is 0.372 e. The average Bonchev–Trinajstić information content (AvgIpc) is 2.81. The van der Waals surface area contributed by atoms with E-state index in [1.54, 1.807) is 24.0 Å². The van der Waals surface area contributed by atoms with Gasteiger partial charge in [0, 0.05) is 13.1 Å². The van der Waals surface area contributed by atoms with Gasteiger partial charge in [-0.1, -0.05) is 11.6 Å². The molecule has 128 valence electrons. The number of carbonyl (C=O) groups excluding carboxylic acids is 1. The van der Waals surface area contributed by atoms with E-state index in [9.17, 15) is 9.18 Å². The smallest absolute Gasteiger partial charge is 0.259 e. The molecule has 0 spiro atoms. The highest BCUT2D eigenvalue weighted by Gasteiger charge is 2.30. The van der Waals surface area contributed by atoms with Gasteiger partial charge in [0.2, 0.25) is 0 Å². The fourth-order valence-corrected chi connectivity index (χ4v) is 3.35. The number of ether oxygens (including phenoxy) is 1. The Balaban J connectivity index is 1.94. The van der Waals surface area contributed by atoms with Crippen molar-refractivity contribution in [1.82, 2.24) is 14.7 Å². The van der Waals surface area contributed by atoms with Crippen molar-refractivity contribution < 1.29 is 13.9 Å². The molecule has 1 amide bonds. The van der Waals surface area contributed by atoms with Gasteiger partial charge in [-0.2, -0.15) is 5.10 Å². The van der Waals surface area contributed by atoms with Crippen molar-refractivity contribution in [3.63, 3.8) is 0 Å². The Kier molecular flexibility index (Phi) is 4.60. The van der Waals surface area contributed by atoms with Crippen LogP contribution in [0.25, 0.3) is 5.69 Å². The summed E-state index contributed by atoms with van der Waals surface area (Å²) in [5.41, 5.74) is 1.52. The normalized spacial score (nSPS) is 21.1. The van der Waals surface area contributed by atoms with Gasteiger partial charge in [0.1, 0.15) is 11.0 Å². The minimum Gasteiger partial charge on any atom is -0.372 e. The molecule has 24 heavy (non-hydrogen) atoms. The van der Waals surface area contributed by atoms with E-state index < -0.39 is 0 Å². The van der Waals surface area contributed by atoms with Crippen LogP contribution in [0.5, 0.6) is 0 Å². The lowest BCUT2D eigenvalue weighted by Crippen LogP contribution is -2.48. The maximum Gasteiger partial charge on any atom is 0.259 e. The Morgan fingerprint density at radius 1 is 1.25 bits per heavy atom. The minimum absolute atomic E-state index is 0.0241. The summed E-state index contributed by atoms with van der Waals surface area (Å²) in [6.07, 6.45) is -0.0483. The van der Waals surface area contributed by atoms with Crippen LogP contribution in [-0.4, -0.2) is 45.9 Å². The van der Waals surface area contributed by atoms with E-state index in [0.717, 1.165) is 0 Å². The lowest BCUT2D eigenvalue weighted by Gasteiger charge is -2.35. The number of aromatic nitrogens is 2. The van der Waals surface area contributed by atoms with E-state index >= 15 is 0 Å². The molecule has 0 aliphatic carbocycles. The Labute approximate surface area is 145 Å². The van der Waals surface area contributed by atoms with Crippen LogP contribution in [-0.2, 0) is 4.74 Å². The molecule has 3 rings (SSSR count). The van der Waals surface area contributed by atoms with Gasteiger partial charge in [0.05, 0.1) is 29.2 Å². The molecule has 5 nitrogen and oxygen atoms in total. The van der Waals surface area contributed by atoms with Crippen molar-refractivity contribution >= 4 is 17.5 Å². The number of benzene rings is 1. The number of hydrogen-bond acceptors (Lipinski definition) is 3. The molecule has 0 unspecified atom stereocenters. The van der Waals surface area contributed by atoms with Gasteiger partial charge >= 0.3 is 0 Å². The molecule has 1 aliphatic rings. The molecule has 2 atom stereocenters. The highest BCUT2D eigenvalue weighted by molar-refractivity contribution is 6.33. The minimum atomic E-state index is -0.341.